The van der Waals surface area contributed by atoms with Crippen LogP contribution in [0.5, 0.6) is 0 Å². The topological polar surface area (TPSA) is 78.9 Å². The van der Waals surface area contributed by atoms with Gasteiger partial charge in [-0.2, -0.15) is 0 Å². The normalized spacial score (nSPS) is 12.6. The Morgan fingerprint density at radius 2 is 0.557 bits per heavy atom. The van der Waals surface area contributed by atoms with E-state index in [2.05, 4.69) is 93.7 Å². The number of carbonyl (C=O) groups is 3. The number of rotatable bonds is 54. The van der Waals surface area contributed by atoms with Crippen LogP contribution in [0.2, 0.25) is 0 Å². The van der Waals surface area contributed by atoms with E-state index in [0.717, 1.165) is 103 Å². The monoisotopic (exact) mass is 977 g/mol. The van der Waals surface area contributed by atoms with E-state index in [9.17, 15) is 14.4 Å². The van der Waals surface area contributed by atoms with Crippen molar-refractivity contribution in [3.05, 3.63) is 72.9 Å². The highest BCUT2D eigenvalue weighted by molar-refractivity contribution is 5.71. The third-order valence-corrected chi connectivity index (χ3v) is 13.0. The van der Waals surface area contributed by atoms with Crippen molar-refractivity contribution >= 4 is 17.9 Å². The quantitative estimate of drug-likeness (QED) is 0.0261. The lowest BCUT2D eigenvalue weighted by atomic mass is 10.0. The second-order valence-corrected chi connectivity index (χ2v) is 19.9. The summed E-state index contributed by atoms with van der Waals surface area (Å²) in [5.74, 6) is -0.878. The average molecular weight is 978 g/mol. The molecule has 0 spiro atoms. The Bertz CT molecular complexity index is 1310. The number of carbonyl (C=O) groups excluding carboxylic acids is 3. The summed E-state index contributed by atoms with van der Waals surface area (Å²) >= 11 is 0. The fraction of sp³-hybridized carbons (Fsp3) is 0.766. The van der Waals surface area contributed by atoms with Crippen LogP contribution < -0.4 is 0 Å². The molecular weight excluding hydrogens is 865 g/mol. The molecule has 0 heterocycles. The molecule has 6 heteroatoms. The minimum absolute atomic E-state index is 0.0758. The molecule has 1 atom stereocenters. The van der Waals surface area contributed by atoms with Crippen LogP contribution in [0.4, 0.5) is 0 Å². The van der Waals surface area contributed by atoms with E-state index in [-0.39, 0.29) is 31.1 Å². The zero-order valence-electron chi connectivity index (χ0n) is 46.3. The van der Waals surface area contributed by atoms with Gasteiger partial charge in [-0.25, -0.2) is 0 Å². The average Bonchev–Trinajstić information content (AvgIpc) is 3.36. The van der Waals surface area contributed by atoms with Gasteiger partial charge in [0.05, 0.1) is 0 Å². The maximum absolute atomic E-state index is 12.8. The van der Waals surface area contributed by atoms with Gasteiger partial charge in [-0.05, 0) is 70.6 Å². The molecule has 0 aliphatic heterocycles. The number of hydrogen-bond acceptors (Lipinski definition) is 6. The lowest BCUT2D eigenvalue weighted by molar-refractivity contribution is -0.167. The van der Waals surface area contributed by atoms with Crippen molar-refractivity contribution in [2.75, 3.05) is 13.2 Å². The molecule has 70 heavy (non-hydrogen) atoms. The summed E-state index contributed by atoms with van der Waals surface area (Å²) in [6.45, 7) is 6.54. The predicted molar refractivity (Wildman–Crippen MR) is 302 cm³/mol. The molecule has 0 rings (SSSR count). The summed E-state index contributed by atoms with van der Waals surface area (Å²) in [5.41, 5.74) is 0. The number of hydrogen-bond donors (Lipinski definition) is 0. The Morgan fingerprint density at radius 3 is 0.871 bits per heavy atom. The van der Waals surface area contributed by atoms with Gasteiger partial charge in [-0.3, -0.25) is 14.4 Å². The van der Waals surface area contributed by atoms with E-state index >= 15 is 0 Å². The van der Waals surface area contributed by atoms with E-state index in [1.807, 2.05) is 0 Å². The van der Waals surface area contributed by atoms with Gasteiger partial charge in [0.2, 0.25) is 0 Å². The zero-order valence-corrected chi connectivity index (χ0v) is 46.3. The molecule has 0 bridgehead atoms. The summed E-state index contributed by atoms with van der Waals surface area (Å²) in [7, 11) is 0. The van der Waals surface area contributed by atoms with E-state index in [4.69, 9.17) is 14.2 Å². The van der Waals surface area contributed by atoms with Crippen LogP contribution in [0.3, 0.4) is 0 Å². The lowest BCUT2D eigenvalue weighted by Gasteiger charge is -2.18. The maximum Gasteiger partial charge on any atom is 0.306 e. The third kappa shape index (κ3) is 55.8. The van der Waals surface area contributed by atoms with Gasteiger partial charge in [-0.1, -0.05) is 280 Å². The van der Waals surface area contributed by atoms with Crippen molar-refractivity contribution < 1.29 is 28.6 Å². The summed E-state index contributed by atoms with van der Waals surface area (Å²) < 4.78 is 16.9. The molecule has 0 amide bonds. The molecule has 1 unspecified atom stereocenters. The van der Waals surface area contributed by atoms with Crippen molar-refractivity contribution in [2.24, 2.45) is 0 Å². The van der Waals surface area contributed by atoms with Crippen molar-refractivity contribution in [1.82, 2.24) is 0 Å². The standard InChI is InChI=1S/C64H112O6/c1-4-7-10-13-16-19-22-25-27-28-29-30-31-32-33-34-35-36-37-40-42-45-48-51-54-57-63(66)69-60-61(59-68-62(65)56-53-50-47-44-41-38-24-21-18-15-12-9-6-3)70-64(67)58-55-52-49-46-43-39-26-23-20-17-14-11-8-5-2/h7,10,16,19,25,27,29-30,32-33,35-36,61H,4-6,8-9,11-15,17-18,20-24,26,28,31,34,37-60H2,1-3H3/b10-7-,19-16-,27-25-,30-29-,33-32-,36-35-. The van der Waals surface area contributed by atoms with Gasteiger partial charge in [0.25, 0.3) is 0 Å². The number of esters is 3. The molecule has 0 fully saturated rings. The Kier molecular flexibility index (Phi) is 55.8. The molecule has 0 aromatic carbocycles. The van der Waals surface area contributed by atoms with E-state index in [1.54, 1.807) is 0 Å². The fourth-order valence-electron chi connectivity index (χ4n) is 8.51. The minimum atomic E-state index is -0.778. The van der Waals surface area contributed by atoms with Crippen LogP contribution in [0.15, 0.2) is 72.9 Å². The Hall–Kier alpha value is -3.15. The van der Waals surface area contributed by atoms with Gasteiger partial charge >= 0.3 is 17.9 Å². The Balaban J connectivity index is 4.32. The molecule has 0 N–H and O–H groups in total. The van der Waals surface area contributed by atoms with Crippen LogP contribution in [-0.4, -0.2) is 37.2 Å². The van der Waals surface area contributed by atoms with Crippen molar-refractivity contribution in [3.8, 4) is 0 Å². The molecule has 0 saturated carbocycles. The molecule has 0 aliphatic rings. The number of ether oxygens (including phenoxy) is 3. The molecule has 0 aromatic rings. The van der Waals surface area contributed by atoms with Gasteiger partial charge in [-0.15, -0.1) is 0 Å². The largest absolute Gasteiger partial charge is 0.462 e. The fourth-order valence-corrected chi connectivity index (χ4v) is 8.51. The zero-order chi connectivity index (χ0) is 50.7. The summed E-state index contributed by atoms with van der Waals surface area (Å²) in [6, 6.07) is 0. The summed E-state index contributed by atoms with van der Waals surface area (Å²) in [5, 5.41) is 0. The van der Waals surface area contributed by atoms with Crippen molar-refractivity contribution in [3.63, 3.8) is 0 Å². The first kappa shape index (κ1) is 66.9. The van der Waals surface area contributed by atoms with Crippen LogP contribution in [0, 0.1) is 0 Å². The molecule has 0 radical (unpaired) electrons. The first-order valence-electron chi connectivity index (χ1n) is 29.9. The highest BCUT2D eigenvalue weighted by atomic mass is 16.6. The Morgan fingerprint density at radius 1 is 0.300 bits per heavy atom. The third-order valence-electron chi connectivity index (χ3n) is 13.0. The van der Waals surface area contributed by atoms with Crippen LogP contribution in [-0.2, 0) is 28.6 Å². The Labute approximate surface area is 433 Å². The first-order chi connectivity index (χ1) is 34.5. The van der Waals surface area contributed by atoms with Crippen LogP contribution in [0.25, 0.3) is 0 Å². The summed E-state index contributed by atoms with van der Waals surface area (Å²) in [6.07, 6.45) is 74.6. The highest BCUT2D eigenvalue weighted by Crippen LogP contribution is 2.16. The molecule has 0 saturated heterocycles. The SMILES string of the molecule is CC/C=C\C/C=C\C/C=C\C/C=C\C/C=C\C/C=C\CCCCCCCCC(=O)OCC(COC(=O)CCCCCCCCCCCCCCC)OC(=O)CCCCCCCCCCCCCCCC. The summed E-state index contributed by atoms with van der Waals surface area (Å²) in [4.78, 5) is 38.2. The second-order valence-electron chi connectivity index (χ2n) is 19.9. The van der Waals surface area contributed by atoms with Crippen LogP contribution in [0.1, 0.15) is 297 Å². The highest BCUT2D eigenvalue weighted by Gasteiger charge is 2.19. The molecular formula is C64H112O6. The van der Waals surface area contributed by atoms with Gasteiger partial charge in [0.15, 0.2) is 6.10 Å². The van der Waals surface area contributed by atoms with Gasteiger partial charge < -0.3 is 14.2 Å². The number of allylic oxidation sites excluding steroid dienone is 12. The smallest absolute Gasteiger partial charge is 0.306 e. The van der Waals surface area contributed by atoms with E-state index in [0.29, 0.717) is 19.3 Å². The van der Waals surface area contributed by atoms with Crippen molar-refractivity contribution in [1.29, 1.82) is 0 Å². The minimum Gasteiger partial charge on any atom is -0.462 e. The maximum atomic E-state index is 12.8. The van der Waals surface area contributed by atoms with Crippen molar-refractivity contribution in [2.45, 2.75) is 303 Å². The lowest BCUT2D eigenvalue weighted by Crippen LogP contribution is -2.30. The molecule has 404 valence electrons. The van der Waals surface area contributed by atoms with E-state index < -0.39 is 6.10 Å². The second kappa shape index (κ2) is 58.4. The molecule has 6 nitrogen and oxygen atoms in total. The molecule has 0 aliphatic carbocycles. The van der Waals surface area contributed by atoms with E-state index in [1.165, 1.54) is 154 Å². The number of unbranched alkanes of at least 4 members (excludes halogenated alkanes) is 31. The van der Waals surface area contributed by atoms with Gasteiger partial charge in [0, 0.05) is 19.3 Å². The predicted octanol–water partition coefficient (Wildman–Crippen LogP) is 20.2. The van der Waals surface area contributed by atoms with Crippen LogP contribution >= 0.6 is 0 Å². The first-order valence-corrected chi connectivity index (χ1v) is 29.9. The van der Waals surface area contributed by atoms with Gasteiger partial charge in [0.1, 0.15) is 13.2 Å². The molecule has 0 aromatic heterocycles.